The third kappa shape index (κ3) is 2.03. The highest BCUT2D eigenvalue weighted by Crippen LogP contribution is 2.48. The summed E-state index contributed by atoms with van der Waals surface area (Å²) < 4.78 is 40.3. The zero-order chi connectivity index (χ0) is 14.5. The van der Waals surface area contributed by atoms with Crippen LogP contribution in [0.1, 0.15) is 25.5 Å². The molecule has 0 spiro atoms. The molecule has 0 radical (unpaired) electrons. The number of nitrogens with one attached hydrogen (secondary N) is 1. The average molecular weight is 285 g/mol. The first-order valence-electron chi connectivity index (χ1n) is 6.10. The molecule has 1 atom stereocenters. The van der Waals surface area contributed by atoms with Crippen molar-refractivity contribution in [1.82, 2.24) is 5.32 Å². The Balaban J connectivity index is 2.03. The minimum atomic E-state index is -3.68. The maximum absolute atomic E-state index is 13.2. The molecule has 7 heteroatoms. The molecule has 108 valence electrons. The monoisotopic (exact) mass is 285 g/mol. The number of fused-ring (bicyclic) bond motifs is 1. The fraction of sp³-hybridized carbons (Fsp3) is 0.462. The van der Waals surface area contributed by atoms with E-state index in [4.69, 9.17) is 4.74 Å². The number of amides is 1. The zero-order valence-corrected chi connectivity index (χ0v) is 10.9. The smallest absolute Gasteiger partial charge is 0.449 e. The maximum atomic E-state index is 13.2. The van der Waals surface area contributed by atoms with Gasteiger partial charge in [0, 0.05) is 11.0 Å². The summed E-state index contributed by atoms with van der Waals surface area (Å²) in [6.45, 7) is 3.92. The number of halogens is 2. The van der Waals surface area contributed by atoms with Gasteiger partial charge in [-0.05, 0) is 6.07 Å². The number of para-hydroxylation sites is 1. The molecule has 5 nitrogen and oxygen atoms in total. The van der Waals surface area contributed by atoms with Crippen LogP contribution in [-0.2, 0) is 4.74 Å². The second-order valence-corrected chi connectivity index (χ2v) is 5.48. The Kier molecular flexibility index (Phi) is 2.57. The van der Waals surface area contributed by atoms with Gasteiger partial charge in [0.25, 0.3) is 0 Å². The van der Waals surface area contributed by atoms with Gasteiger partial charge in [-0.15, -0.1) is 8.78 Å². The molecule has 1 aromatic rings. The van der Waals surface area contributed by atoms with Gasteiger partial charge < -0.3 is 19.5 Å². The van der Waals surface area contributed by atoms with Crippen molar-refractivity contribution in [2.75, 3.05) is 6.61 Å². The van der Waals surface area contributed by atoms with Crippen LogP contribution in [0.2, 0.25) is 0 Å². The van der Waals surface area contributed by atoms with E-state index >= 15 is 0 Å². The number of hydrogen-bond acceptors (Lipinski definition) is 4. The van der Waals surface area contributed by atoms with Crippen molar-refractivity contribution in [3.63, 3.8) is 0 Å². The van der Waals surface area contributed by atoms with Gasteiger partial charge in [0.2, 0.25) is 0 Å². The summed E-state index contributed by atoms with van der Waals surface area (Å²) in [5, 5.41) is 2.64. The van der Waals surface area contributed by atoms with E-state index in [1.807, 2.05) is 13.8 Å². The molecule has 1 N–H and O–H groups in total. The number of carbonyl (C=O) groups excluding carboxylic acids is 1. The van der Waals surface area contributed by atoms with E-state index in [0.29, 0.717) is 5.56 Å². The molecule has 2 aliphatic rings. The van der Waals surface area contributed by atoms with Crippen LogP contribution in [-0.4, -0.2) is 19.0 Å². The summed E-state index contributed by atoms with van der Waals surface area (Å²) in [6.07, 6.45) is -4.27. The minimum absolute atomic E-state index is 0.0379. The molecule has 0 aliphatic carbocycles. The van der Waals surface area contributed by atoms with Gasteiger partial charge in [-0.3, -0.25) is 0 Å². The summed E-state index contributed by atoms with van der Waals surface area (Å²) in [6, 6.07) is 4.10. The molecule has 1 fully saturated rings. The Bertz CT molecular complexity index is 573. The van der Waals surface area contributed by atoms with E-state index in [1.54, 1.807) is 12.1 Å². The summed E-state index contributed by atoms with van der Waals surface area (Å²) in [4.78, 5) is 11.4. The van der Waals surface area contributed by atoms with E-state index in [0.717, 1.165) is 0 Å². The molecule has 1 saturated heterocycles. The summed E-state index contributed by atoms with van der Waals surface area (Å²) in [7, 11) is 0. The van der Waals surface area contributed by atoms with Crippen LogP contribution in [0.5, 0.6) is 11.5 Å². The third-order valence-corrected chi connectivity index (χ3v) is 3.39. The van der Waals surface area contributed by atoms with Crippen LogP contribution >= 0.6 is 0 Å². The Hall–Kier alpha value is -2.05. The lowest BCUT2D eigenvalue weighted by atomic mass is 9.80. The normalized spacial score (nSPS) is 25.8. The fourth-order valence-electron chi connectivity index (χ4n) is 2.41. The van der Waals surface area contributed by atoms with Crippen molar-refractivity contribution < 1.29 is 27.8 Å². The molecule has 2 aliphatic heterocycles. The van der Waals surface area contributed by atoms with Gasteiger partial charge in [0.15, 0.2) is 11.5 Å². The molecule has 1 amide bonds. The van der Waals surface area contributed by atoms with E-state index in [9.17, 15) is 13.6 Å². The highest BCUT2D eigenvalue weighted by Gasteiger charge is 2.47. The standard InChI is InChI=1S/C13H13F2NO4/c1-12(2)6-18-11(17)16-10(12)7-4-3-5-8-9(7)20-13(14,15)19-8/h3-5,10H,6H2,1-2H3,(H,16,17)/t10-/m1/s1. The predicted molar refractivity (Wildman–Crippen MR) is 63.7 cm³/mol. The first-order valence-corrected chi connectivity index (χ1v) is 6.10. The Labute approximate surface area is 113 Å². The van der Waals surface area contributed by atoms with Crippen LogP contribution < -0.4 is 14.8 Å². The first-order chi connectivity index (χ1) is 9.28. The topological polar surface area (TPSA) is 56.8 Å². The van der Waals surface area contributed by atoms with Crippen molar-refractivity contribution in [3.8, 4) is 11.5 Å². The van der Waals surface area contributed by atoms with Gasteiger partial charge in [0.1, 0.15) is 6.61 Å². The van der Waals surface area contributed by atoms with Gasteiger partial charge >= 0.3 is 12.4 Å². The molecule has 0 saturated carbocycles. The van der Waals surface area contributed by atoms with Gasteiger partial charge in [-0.2, -0.15) is 0 Å². The fourth-order valence-corrected chi connectivity index (χ4v) is 2.41. The Morgan fingerprint density at radius 2 is 2.05 bits per heavy atom. The molecule has 2 heterocycles. The van der Waals surface area contributed by atoms with Crippen LogP contribution in [0.15, 0.2) is 18.2 Å². The molecule has 0 aromatic heterocycles. The number of ether oxygens (including phenoxy) is 3. The number of alkyl halides is 2. The van der Waals surface area contributed by atoms with Crippen LogP contribution in [0.25, 0.3) is 0 Å². The second-order valence-electron chi connectivity index (χ2n) is 5.48. The van der Waals surface area contributed by atoms with Crippen LogP contribution in [0.3, 0.4) is 0 Å². The molecule has 20 heavy (non-hydrogen) atoms. The van der Waals surface area contributed by atoms with Crippen molar-refractivity contribution in [2.24, 2.45) is 5.41 Å². The van der Waals surface area contributed by atoms with Crippen LogP contribution in [0, 0.1) is 5.41 Å². The average Bonchev–Trinajstić information content (AvgIpc) is 2.66. The van der Waals surface area contributed by atoms with Gasteiger partial charge in [0.05, 0.1) is 6.04 Å². The van der Waals surface area contributed by atoms with E-state index < -0.39 is 23.8 Å². The van der Waals surface area contributed by atoms with E-state index in [2.05, 4.69) is 14.8 Å². The largest absolute Gasteiger partial charge is 0.586 e. The van der Waals surface area contributed by atoms with E-state index in [1.165, 1.54) is 6.07 Å². The number of benzene rings is 1. The van der Waals surface area contributed by atoms with E-state index in [-0.39, 0.29) is 18.1 Å². The lowest BCUT2D eigenvalue weighted by Gasteiger charge is -2.38. The maximum Gasteiger partial charge on any atom is 0.586 e. The lowest BCUT2D eigenvalue weighted by Crippen LogP contribution is -2.47. The van der Waals surface area contributed by atoms with Crippen LogP contribution in [0.4, 0.5) is 13.6 Å². The summed E-state index contributed by atoms with van der Waals surface area (Å²) in [5.41, 5.74) is -0.0223. The van der Waals surface area contributed by atoms with Crippen molar-refractivity contribution in [3.05, 3.63) is 23.8 Å². The molecule has 0 bridgehead atoms. The second kappa shape index (κ2) is 3.97. The zero-order valence-electron chi connectivity index (χ0n) is 10.9. The molecule has 1 aromatic carbocycles. The van der Waals surface area contributed by atoms with Crippen molar-refractivity contribution in [1.29, 1.82) is 0 Å². The molecular weight excluding hydrogens is 272 g/mol. The van der Waals surface area contributed by atoms with Gasteiger partial charge in [-0.1, -0.05) is 26.0 Å². The number of cyclic esters (lactones) is 1. The molecule has 3 rings (SSSR count). The minimum Gasteiger partial charge on any atom is -0.449 e. The SMILES string of the molecule is CC1(C)COC(=O)N[C@@H]1c1cccc2c1OC(F)(F)O2. The number of alkyl carbamates (subject to hydrolysis) is 1. The van der Waals surface area contributed by atoms with Gasteiger partial charge in [-0.25, -0.2) is 4.79 Å². The Morgan fingerprint density at radius 3 is 2.80 bits per heavy atom. The highest BCUT2D eigenvalue weighted by atomic mass is 19.3. The number of carbonyl (C=O) groups is 1. The summed E-state index contributed by atoms with van der Waals surface area (Å²) >= 11 is 0. The number of rotatable bonds is 1. The quantitative estimate of drug-likeness (QED) is 0.862. The molecule has 0 unspecified atom stereocenters. The summed E-state index contributed by atoms with van der Waals surface area (Å²) in [5.74, 6) is -0.0817. The third-order valence-electron chi connectivity index (χ3n) is 3.39. The van der Waals surface area contributed by atoms with Crippen molar-refractivity contribution in [2.45, 2.75) is 26.2 Å². The molecular formula is C13H13F2NO4. The number of hydrogen-bond donors (Lipinski definition) is 1. The van der Waals surface area contributed by atoms with Crippen molar-refractivity contribution >= 4 is 6.09 Å². The lowest BCUT2D eigenvalue weighted by molar-refractivity contribution is -0.287. The predicted octanol–water partition coefficient (Wildman–Crippen LogP) is 2.82. The first kappa shape index (κ1) is 13.0. The Morgan fingerprint density at radius 1 is 1.30 bits per heavy atom. The highest BCUT2D eigenvalue weighted by molar-refractivity contribution is 5.69.